The maximum absolute atomic E-state index is 5.85. The van der Waals surface area contributed by atoms with Crippen LogP contribution in [-0.4, -0.2) is 5.84 Å². The molecule has 0 bridgehead atoms. The number of hydrogen-bond donors (Lipinski definition) is 1. The van der Waals surface area contributed by atoms with Crippen molar-refractivity contribution in [2.45, 2.75) is 0 Å². The molecule has 0 aromatic carbocycles. The van der Waals surface area contributed by atoms with Crippen molar-refractivity contribution in [3.05, 3.63) is 35.0 Å². The molecular weight excluding hydrogens is 188 g/mol. The fourth-order valence-electron chi connectivity index (χ4n) is 1.29. The van der Waals surface area contributed by atoms with Gasteiger partial charge >= 0.3 is 0 Å². The largest absolute Gasteiger partial charge is 0.321 e. The van der Waals surface area contributed by atoms with Gasteiger partial charge in [-0.3, -0.25) is 0 Å². The lowest BCUT2D eigenvalue weighted by atomic mass is 9.94. The Morgan fingerprint density at radius 3 is 3.00 bits per heavy atom. The molecule has 1 unspecified atom stereocenters. The molecular formula is C8H7ClN4. The molecule has 0 amide bonds. The monoisotopic (exact) mass is 194 g/mol. The molecule has 2 aliphatic rings. The van der Waals surface area contributed by atoms with Crippen molar-refractivity contribution in [2.24, 2.45) is 27.1 Å². The van der Waals surface area contributed by atoms with Gasteiger partial charge in [-0.1, -0.05) is 35.9 Å². The minimum absolute atomic E-state index is 0.0417. The minimum Gasteiger partial charge on any atom is -0.321 e. The van der Waals surface area contributed by atoms with Gasteiger partial charge in [-0.2, -0.15) is 5.10 Å². The van der Waals surface area contributed by atoms with Gasteiger partial charge in [0.05, 0.1) is 5.92 Å². The normalized spacial score (nSPS) is 28.4. The molecule has 0 fully saturated rings. The first-order chi connectivity index (χ1) is 6.33. The number of hydrazone groups is 1. The van der Waals surface area contributed by atoms with Gasteiger partial charge in [0.1, 0.15) is 0 Å². The van der Waals surface area contributed by atoms with Crippen LogP contribution in [0.3, 0.4) is 0 Å². The molecule has 0 radical (unpaired) electrons. The van der Waals surface area contributed by atoms with Crippen LogP contribution in [0.5, 0.6) is 0 Å². The van der Waals surface area contributed by atoms with Gasteiger partial charge < -0.3 is 5.84 Å². The molecule has 0 spiro atoms. The van der Waals surface area contributed by atoms with Gasteiger partial charge in [-0.05, 0) is 0 Å². The maximum Gasteiger partial charge on any atom is 0.181 e. The Hall–Kier alpha value is -1.42. The van der Waals surface area contributed by atoms with E-state index in [1.165, 1.54) is 0 Å². The Balaban J connectivity index is 2.49. The Labute approximate surface area is 80.2 Å². The van der Waals surface area contributed by atoms with Gasteiger partial charge in [0, 0.05) is 5.57 Å². The number of halogens is 1. The van der Waals surface area contributed by atoms with Crippen molar-refractivity contribution in [3.8, 4) is 0 Å². The molecule has 66 valence electrons. The summed E-state index contributed by atoms with van der Waals surface area (Å²) in [6.45, 7) is 0. The molecule has 0 saturated heterocycles. The van der Waals surface area contributed by atoms with Crippen molar-refractivity contribution in [2.75, 3.05) is 0 Å². The fraction of sp³-hybridized carbons (Fsp3) is 0.125. The van der Waals surface area contributed by atoms with E-state index in [0.29, 0.717) is 11.0 Å². The summed E-state index contributed by atoms with van der Waals surface area (Å²) in [5.41, 5.74) is 0.892. The van der Waals surface area contributed by atoms with Crippen LogP contribution >= 0.6 is 11.6 Å². The summed E-state index contributed by atoms with van der Waals surface area (Å²) in [6, 6.07) is 0. The van der Waals surface area contributed by atoms with E-state index in [2.05, 4.69) is 15.3 Å². The molecule has 1 aliphatic carbocycles. The van der Waals surface area contributed by atoms with E-state index in [0.717, 1.165) is 5.57 Å². The number of amidine groups is 1. The van der Waals surface area contributed by atoms with Gasteiger partial charge in [-0.25, -0.2) is 0 Å². The molecule has 0 saturated carbocycles. The van der Waals surface area contributed by atoms with Gasteiger partial charge in [0.25, 0.3) is 0 Å². The zero-order valence-electron chi connectivity index (χ0n) is 6.68. The van der Waals surface area contributed by atoms with Crippen molar-refractivity contribution in [1.29, 1.82) is 0 Å². The Morgan fingerprint density at radius 2 is 2.23 bits per heavy atom. The molecule has 2 rings (SSSR count). The molecule has 0 aromatic rings. The molecule has 13 heavy (non-hydrogen) atoms. The number of azo groups is 1. The Bertz CT molecular complexity index is 376. The number of allylic oxidation sites excluding steroid dienone is 3. The fourth-order valence-corrected chi connectivity index (χ4v) is 1.50. The summed E-state index contributed by atoms with van der Waals surface area (Å²) in [6.07, 6.45) is 7.62. The van der Waals surface area contributed by atoms with Gasteiger partial charge in [-0.15, -0.1) is 10.2 Å². The lowest BCUT2D eigenvalue weighted by Crippen LogP contribution is -2.18. The number of nitrogens with zero attached hydrogens (tertiary/aromatic N) is 3. The average Bonchev–Trinajstić information content (AvgIpc) is 2.19. The quantitative estimate of drug-likeness (QED) is 0.357. The predicted octanol–water partition coefficient (Wildman–Crippen LogP) is 1.92. The van der Waals surface area contributed by atoms with Crippen molar-refractivity contribution < 1.29 is 0 Å². The summed E-state index contributed by atoms with van der Waals surface area (Å²) in [5.74, 6) is 5.61. The van der Waals surface area contributed by atoms with E-state index in [-0.39, 0.29) is 5.92 Å². The second kappa shape index (κ2) is 3.14. The van der Waals surface area contributed by atoms with E-state index in [9.17, 15) is 0 Å². The van der Waals surface area contributed by atoms with E-state index in [4.69, 9.17) is 17.4 Å². The lowest BCUT2D eigenvalue weighted by molar-refractivity contribution is 0.934. The van der Waals surface area contributed by atoms with Crippen molar-refractivity contribution in [3.63, 3.8) is 0 Å². The summed E-state index contributed by atoms with van der Waals surface area (Å²) in [4.78, 5) is 0. The molecule has 1 atom stereocenters. The SMILES string of the molecule is N/N=C1/N=NC(Cl)=C2C=CC=CC21. The van der Waals surface area contributed by atoms with Crippen LogP contribution in [-0.2, 0) is 0 Å². The third-order valence-corrected chi connectivity index (χ3v) is 2.21. The lowest BCUT2D eigenvalue weighted by Gasteiger charge is -2.18. The van der Waals surface area contributed by atoms with Crippen LogP contribution in [0.15, 0.2) is 50.4 Å². The summed E-state index contributed by atoms with van der Waals surface area (Å²) < 4.78 is 0. The topological polar surface area (TPSA) is 63.1 Å². The molecule has 1 heterocycles. The summed E-state index contributed by atoms with van der Waals surface area (Å²) in [5, 5.41) is 11.5. The molecule has 1 aliphatic heterocycles. The van der Waals surface area contributed by atoms with Crippen molar-refractivity contribution >= 4 is 17.4 Å². The zero-order valence-corrected chi connectivity index (χ0v) is 7.44. The maximum atomic E-state index is 5.85. The summed E-state index contributed by atoms with van der Waals surface area (Å²) in [7, 11) is 0. The highest BCUT2D eigenvalue weighted by Crippen LogP contribution is 2.30. The number of fused-ring (bicyclic) bond motifs is 1. The van der Waals surface area contributed by atoms with Gasteiger partial charge in [0.15, 0.2) is 11.0 Å². The van der Waals surface area contributed by atoms with Crippen LogP contribution < -0.4 is 5.84 Å². The molecule has 2 N–H and O–H groups in total. The zero-order chi connectivity index (χ0) is 9.26. The molecule has 0 aromatic heterocycles. The second-order valence-electron chi connectivity index (χ2n) is 2.66. The number of rotatable bonds is 0. The molecule has 5 heteroatoms. The standard InChI is InChI=1S/C8H7ClN4/c9-7-5-3-1-2-4-6(5)8(11-10)13-12-7/h1-4,6H,10H2/b11-8+. The summed E-state index contributed by atoms with van der Waals surface area (Å²) >= 11 is 5.85. The van der Waals surface area contributed by atoms with Crippen LogP contribution in [0.4, 0.5) is 0 Å². The van der Waals surface area contributed by atoms with Gasteiger partial charge in [0.2, 0.25) is 0 Å². The number of hydrogen-bond acceptors (Lipinski definition) is 3. The average molecular weight is 195 g/mol. The van der Waals surface area contributed by atoms with E-state index >= 15 is 0 Å². The minimum atomic E-state index is -0.0417. The van der Waals surface area contributed by atoms with E-state index in [1.807, 2.05) is 24.3 Å². The second-order valence-corrected chi connectivity index (χ2v) is 3.01. The van der Waals surface area contributed by atoms with Crippen molar-refractivity contribution in [1.82, 2.24) is 0 Å². The van der Waals surface area contributed by atoms with Crippen LogP contribution in [0, 0.1) is 5.92 Å². The van der Waals surface area contributed by atoms with E-state index < -0.39 is 0 Å². The Morgan fingerprint density at radius 1 is 1.38 bits per heavy atom. The molecule has 4 nitrogen and oxygen atoms in total. The number of nitrogens with two attached hydrogens (primary N) is 1. The third kappa shape index (κ3) is 1.29. The van der Waals surface area contributed by atoms with Crippen LogP contribution in [0.25, 0.3) is 0 Å². The highest BCUT2D eigenvalue weighted by Gasteiger charge is 2.24. The smallest absolute Gasteiger partial charge is 0.181 e. The first kappa shape index (κ1) is 8.19. The highest BCUT2D eigenvalue weighted by molar-refractivity contribution is 6.30. The highest BCUT2D eigenvalue weighted by atomic mass is 35.5. The third-order valence-electron chi connectivity index (χ3n) is 1.91. The van der Waals surface area contributed by atoms with Crippen LogP contribution in [0.1, 0.15) is 0 Å². The first-order valence-electron chi connectivity index (χ1n) is 3.77. The Kier molecular flexibility index (Phi) is 1.98. The van der Waals surface area contributed by atoms with Crippen LogP contribution in [0.2, 0.25) is 0 Å². The predicted molar refractivity (Wildman–Crippen MR) is 51.1 cm³/mol. The first-order valence-corrected chi connectivity index (χ1v) is 4.15. The van der Waals surface area contributed by atoms with E-state index in [1.54, 1.807) is 0 Å².